The average Bonchev–Trinajstić information content (AvgIpc) is 2.40. The Balaban J connectivity index is 2.43. The lowest BCUT2D eigenvalue weighted by molar-refractivity contribution is 0.0976. The molecule has 1 aliphatic carbocycles. The first-order valence-electron chi connectivity index (χ1n) is 5.41. The van der Waals surface area contributed by atoms with Crippen LogP contribution in [0.25, 0.3) is 0 Å². The van der Waals surface area contributed by atoms with E-state index in [1.165, 1.54) is 0 Å². The van der Waals surface area contributed by atoms with Gasteiger partial charge in [0, 0.05) is 15.6 Å². The Bertz CT molecular complexity index is 751. The Hall–Kier alpha value is -1.46. The first-order chi connectivity index (χ1) is 9.02. The summed E-state index contributed by atoms with van der Waals surface area (Å²) in [7, 11) is 0. The molecule has 0 unspecified atom stereocenters. The van der Waals surface area contributed by atoms with Gasteiger partial charge in [0.25, 0.3) is 0 Å². The van der Waals surface area contributed by atoms with Crippen LogP contribution in [-0.2, 0) is 0 Å². The summed E-state index contributed by atoms with van der Waals surface area (Å²) in [6, 6.07) is 8.17. The minimum absolute atomic E-state index is 0.0463. The Morgan fingerprint density at radius 3 is 1.95 bits per heavy atom. The Morgan fingerprint density at radius 1 is 0.842 bits per heavy atom. The number of phenolic OH excluding ortho intramolecular Hbond substituents is 1. The van der Waals surface area contributed by atoms with Crippen LogP contribution in [0, 0.1) is 0 Å². The van der Waals surface area contributed by atoms with Gasteiger partial charge in [-0.3, -0.25) is 9.59 Å². The van der Waals surface area contributed by atoms with Crippen molar-refractivity contribution >= 4 is 43.4 Å². The second kappa shape index (κ2) is 4.28. The van der Waals surface area contributed by atoms with Gasteiger partial charge in [0.2, 0.25) is 0 Å². The van der Waals surface area contributed by atoms with E-state index in [4.69, 9.17) is 0 Å². The Kier molecular flexibility index (Phi) is 2.83. The van der Waals surface area contributed by atoms with Gasteiger partial charge in [0.05, 0.1) is 15.6 Å². The Labute approximate surface area is 125 Å². The van der Waals surface area contributed by atoms with Crippen LogP contribution in [-0.4, -0.2) is 16.7 Å². The molecular weight excluding hydrogens is 376 g/mol. The van der Waals surface area contributed by atoms with Crippen LogP contribution in [0.1, 0.15) is 31.8 Å². The zero-order valence-corrected chi connectivity index (χ0v) is 12.6. The van der Waals surface area contributed by atoms with Gasteiger partial charge in [-0.2, -0.15) is 0 Å². The zero-order valence-electron chi connectivity index (χ0n) is 9.41. The maximum Gasteiger partial charge on any atom is 0.198 e. The number of benzene rings is 2. The number of rotatable bonds is 0. The molecule has 5 heteroatoms. The fourth-order valence-electron chi connectivity index (χ4n) is 2.20. The van der Waals surface area contributed by atoms with Gasteiger partial charge in [0.15, 0.2) is 11.6 Å². The van der Waals surface area contributed by atoms with E-state index >= 15 is 0 Å². The summed E-state index contributed by atoms with van der Waals surface area (Å²) in [6.07, 6.45) is 0. The van der Waals surface area contributed by atoms with Crippen LogP contribution < -0.4 is 0 Å². The molecule has 94 valence electrons. The summed E-state index contributed by atoms with van der Waals surface area (Å²) >= 11 is 6.44. The van der Waals surface area contributed by atoms with Crippen molar-refractivity contribution < 1.29 is 14.7 Å². The van der Waals surface area contributed by atoms with E-state index in [1.54, 1.807) is 30.3 Å². The van der Waals surface area contributed by atoms with Crippen molar-refractivity contribution in [2.45, 2.75) is 0 Å². The first kappa shape index (κ1) is 12.6. The van der Waals surface area contributed by atoms with Crippen molar-refractivity contribution in [2.24, 2.45) is 0 Å². The molecular formula is C14H6Br2O3. The maximum absolute atomic E-state index is 12.4. The van der Waals surface area contributed by atoms with Crippen molar-refractivity contribution in [2.75, 3.05) is 0 Å². The minimum atomic E-state index is -0.343. The van der Waals surface area contributed by atoms with Gasteiger partial charge in [-0.15, -0.1) is 0 Å². The van der Waals surface area contributed by atoms with Crippen molar-refractivity contribution in [1.82, 2.24) is 0 Å². The highest BCUT2D eigenvalue weighted by atomic mass is 79.9. The number of phenols is 1. The maximum atomic E-state index is 12.4. The van der Waals surface area contributed by atoms with Crippen LogP contribution in [0.2, 0.25) is 0 Å². The molecule has 2 aromatic carbocycles. The zero-order chi connectivity index (χ0) is 13.7. The van der Waals surface area contributed by atoms with Gasteiger partial charge in [-0.05, 0) is 37.9 Å². The largest absolute Gasteiger partial charge is 0.506 e. The number of hydrogen-bond acceptors (Lipinski definition) is 3. The van der Waals surface area contributed by atoms with Crippen LogP contribution in [0.4, 0.5) is 0 Å². The number of carbonyl (C=O) groups is 2. The van der Waals surface area contributed by atoms with Gasteiger partial charge in [-0.25, -0.2) is 0 Å². The molecule has 0 radical (unpaired) electrons. The van der Waals surface area contributed by atoms with Crippen LogP contribution in [0.15, 0.2) is 39.3 Å². The highest BCUT2D eigenvalue weighted by Crippen LogP contribution is 2.41. The second-order valence-corrected chi connectivity index (χ2v) is 5.85. The fraction of sp³-hybridized carbons (Fsp3) is 0. The molecule has 3 nitrogen and oxygen atoms in total. The molecule has 0 spiro atoms. The van der Waals surface area contributed by atoms with E-state index in [-0.39, 0.29) is 28.4 Å². The summed E-state index contributed by atoms with van der Waals surface area (Å²) in [5.41, 5.74) is 0.942. The van der Waals surface area contributed by atoms with E-state index in [0.717, 1.165) is 0 Å². The lowest BCUT2D eigenvalue weighted by Crippen LogP contribution is -2.21. The highest BCUT2D eigenvalue weighted by molar-refractivity contribution is 9.11. The van der Waals surface area contributed by atoms with Gasteiger partial charge >= 0.3 is 0 Å². The molecule has 0 saturated carbocycles. The third kappa shape index (κ3) is 1.69. The van der Waals surface area contributed by atoms with Gasteiger partial charge in [0.1, 0.15) is 5.75 Å². The highest BCUT2D eigenvalue weighted by Gasteiger charge is 2.34. The number of carbonyl (C=O) groups excluding carboxylic acids is 2. The smallest absolute Gasteiger partial charge is 0.198 e. The molecule has 19 heavy (non-hydrogen) atoms. The number of halogens is 2. The third-order valence-corrected chi connectivity index (χ3v) is 4.31. The lowest BCUT2D eigenvalue weighted by atomic mass is 9.84. The van der Waals surface area contributed by atoms with Gasteiger partial charge < -0.3 is 5.11 Å². The molecule has 0 bridgehead atoms. The van der Waals surface area contributed by atoms with Crippen molar-refractivity contribution in [3.63, 3.8) is 0 Å². The normalized spacial score (nSPS) is 13.2. The molecule has 1 N–H and O–H groups in total. The molecule has 2 aromatic rings. The third-order valence-electron chi connectivity index (χ3n) is 3.08. The summed E-state index contributed by atoms with van der Waals surface area (Å²) < 4.78 is 0.860. The van der Waals surface area contributed by atoms with E-state index in [1.807, 2.05) is 0 Å². The van der Waals surface area contributed by atoms with E-state index < -0.39 is 0 Å². The number of ketones is 2. The van der Waals surface area contributed by atoms with Crippen LogP contribution in [0.3, 0.4) is 0 Å². The van der Waals surface area contributed by atoms with E-state index in [9.17, 15) is 14.7 Å². The molecule has 0 atom stereocenters. The second-order valence-electron chi connectivity index (χ2n) is 4.14. The summed E-state index contributed by atoms with van der Waals surface area (Å²) in [5.74, 6) is -0.810. The predicted octanol–water partition coefficient (Wildman–Crippen LogP) is 3.69. The molecule has 3 rings (SSSR count). The summed E-state index contributed by atoms with van der Waals surface area (Å²) in [6.45, 7) is 0. The average molecular weight is 382 g/mol. The monoisotopic (exact) mass is 380 g/mol. The lowest BCUT2D eigenvalue weighted by Gasteiger charge is -2.20. The molecule has 0 amide bonds. The van der Waals surface area contributed by atoms with Gasteiger partial charge in [-0.1, -0.05) is 24.3 Å². The molecule has 0 aromatic heterocycles. The molecule has 0 fully saturated rings. The topological polar surface area (TPSA) is 54.4 Å². The van der Waals surface area contributed by atoms with E-state index in [2.05, 4.69) is 31.9 Å². The fourth-order valence-corrected chi connectivity index (χ4v) is 3.54. The predicted molar refractivity (Wildman–Crippen MR) is 76.8 cm³/mol. The standard InChI is InChI=1S/C14H6Br2O3/c15-8-5-9(16)14(19)11-10(8)12(17)6-3-1-2-4-7(6)13(11)18/h1-5,19H. The van der Waals surface area contributed by atoms with E-state index in [0.29, 0.717) is 20.1 Å². The first-order valence-corrected chi connectivity index (χ1v) is 7.00. The number of aromatic hydroxyl groups is 1. The quantitative estimate of drug-likeness (QED) is 0.646. The van der Waals surface area contributed by atoms with Crippen LogP contribution >= 0.6 is 31.9 Å². The molecule has 0 saturated heterocycles. The molecule has 0 aliphatic heterocycles. The van der Waals surface area contributed by atoms with Crippen molar-refractivity contribution in [3.8, 4) is 5.75 Å². The number of fused-ring (bicyclic) bond motifs is 2. The van der Waals surface area contributed by atoms with Crippen LogP contribution in [0.5, 0.6) is 5.75 Å². The minimum Gasteiger partial charge on any atom is -0.506 e. The van der Waals surface area contributed by atoms with Crippen molar-refractivity contribution in [1.29, 1.82) is 0 Å². The SMILES string of the molecule is O=C1c2ccccc2C(=O)c2c(O)c(Br)cc(Br)c21. The van der Waals surface area contributed by atoms with Crippen molar-refractivity contribution in [3.05, 3.63) is 61.5 Å². The Morgan fingerprint density at radius 2 is 1.37 bits per heavy atom. The molecule has 0 heterocycles. The summed E-state index contributed by atoms with van der Waals surface area (Å²) in [5, 5.41) is 10.0. The number of hydrogen-bond donors (Lipinski definition) is 1. The summed E-state index contributed by atoms with van der Waals surface area (Å²) in [4.78, 5) is 24.9. The molecule has 1 aliphatic rings.